The van der Waals surface area contributed by atoms with Crippen LogP contribution in [-0.2, 0) is 0 Å². The van der Waals surface area contributed by atoms with Gasteiger partial charge >= 0.3 is 0 Å². The van der Waals surface area contributed by atoms with Crippen LogP contribution in [0.3, 0.4) is 0 Å². The third-order valence-electron chi connectivity index (χ3n) is 2.50. The molecular weight excluding hydrogens is 203 g/mol. The van der Waals surface area contributed by atoms with E-state index in [0.717, 1.165) is 16.7 Å². The summed E-state index contributed by atoms with van der Waals surface area (Å²) in [7, 11) is 0. The maximum atomic E-state index is 12.8. The van der Waals surface area contributed by atoms with Crippen LogP contribution >= 0.6 is 0 Å². The molecule has 0 unspecified atom stereocenters. The summed E-state index contributed by atoms with van der Waals surface area (Å²) in [5, 5.41) is 0. The van der Waals surface area contributed by atoms with Crippen molar-refractivity contribution in [3.8, 4) is 5.69 Å². The van der Waals surface area contributed by atoms with E-state index < -0.39 is 0 Å². The predicted molar refractivity (Wildman–Crippen MR) is 59.9 cm³/mol. The first-order valence-electron chi connectivity index (χ1n) is 4.94. The Morgan fingerprint density at radius 1 is 1.12 bits per heavy atom. The highest BCUT2D eigenvalue weighted by molar-refractivity contribution is 5.76. The number of hydrogen-bond donors (Lipinski definition) is 0. The normalized spacial score (nSPS) is 10.8. The molecule has 0 atom stereocenters. The monoisotopic (exact) mass is 211 g/mol. The molecule has 3 heteroatoms. The highest BCUT2D eigenvalue weighted by Gasteiger charge is 2.03. The lowest BCUT2D eigenvalue weighted by atomic mass is 10.3. The molecule has 3 aromatic rings. The van der Waals surface area contributed by atoms with Crippen molar-refractivity contribution in [3.05, 3.63) is 60.7 Å². The highest BCUT2D eigenvalue weighted by atomic mass is 19.1. The molecule has 3 rings (SSSR count). The molecular formula is C13H8FN2. The lowest BCUT2D eigenvalue weighted by Gasteiger charge is -2.03. The average Bonchev–Trinajstić information content (AvgIpc) is 2.74. The van der Waals surface area contributed by atoms with Crippen molar-refractivity contribution in [1.29, 1.82) is 0 Å². The summed E-state index contributed by atoms with van der Waals surface area (Å²) in [5.41, 5.74) is 2.77. The van der Waals surface area contributed by atoms with Gasteiger partial charge in [0.2, 0.25) is 0 Å². The van der Waals surface area contributed by atoms with Crippen molar-refractivity contribution in [2.24, 2.45) is 0 Å². The number of aromatic nitrogens is 2. The lowest BCUT2D eigenvalue weighted by molar-refractivity contribution is 0.627. The fourth-order valence-electron chi connectivity index (χ4n) is 1.71. The molecule has 1 radical (unpaired) electrons. The maximum Gasteiger partial charge on any atom is 0.123 e. The Hall–Kier alpha value is -2.16. The Bertz CT molecular complexity index is 626. The zero-order valence-corrected chi connectivity index (χ0v) is 8.39. The van der Waals surface area contributed by atoms with Crippen LogP contribution in [-0.4, -0.2) is 9.55 Å². The van der Waals surface area contributed by atoms with Gasteiger partial charge in [0.05, 0.1) is 11.0 Å². The Morgan fingerprint density at radius 2 is 1.94 bits per heavy atom. The molecule has 1 aromatic heterocycles. The molecule has 0 aliphatic carbocycles. The molecule has 2 nitrogen and oxygen atoms in total. The van der Waals surface area contributed by atoms with Gasteiger partial charge in [0.25, 0.3) is 0 Å². The van der Waals surface area contributed by atoms with Gasteiger partial charge in [0, 0.05) is 5.69 Å². The Balaban J connectivity index is 2.22. The van der Waals surface area contributed by atoms with Gasteiger partial charge in [-0.1, -0.05) is 6.07 Å². The summed E-state index contributed by atoms with van der Waals surface area (Å²) in [6.45, 7) is 0. The van der Waals surface area contributed by atoms with Crippen molar-refractivity contribution in [2.75, 3.05) is 0 Å². The molecule has 0 aliphatic rings. The third-order valence-corrected chi connectivity index (χ3v) is 2.50. The van der Waals surface area contributed by atoms with Gasteiger partial charge in [-0.2, -0.15) is 0 Å². The van der Waals surface area contributed by atoms with E-state index in [1.165, 1.54) is 12.1 Å². The molecule has 0 bridgehead atoms. The van der Waals surface area contributed by atoms with E-state index in [-0.39, 0.29) is 5.82 Å². The minimum absolute atomic E-state index is 0.235. The Kier molecular flexibility index (Phi) is 1.96. The van der Waals surface area contributed by atoms with Crippen LogP contribution in [0.5, 0.6) is 0 Å². The average molecular weight is 211 g/mol. The second-order valence-electron chi connectivity index (χ2n) is 3.51. The fourth-order valence-corrected chi connectivity index (χ4v) is 1.71. The summed E-state index contributed by atoms with van der Waals surface area (Å²) in [6.07, 6.45) is 1.73. The second kappa shape index (κ2) is 3.45. The third kappa shape index (κ3) is 1.37. The SMILES string of the molecule is Fc1ccc(-n2cnc3c[c]ccc32)cc1. The Labute approximate surface area is 92.0 Å². The van der Waals surface area contributed by atoms with Gasteiger partial charge < -0.3 is 0 Å². The maximum absolute atomic E-state index is 12.8. The second-order valence-corrected chi connectivity index (χ2v) is 3.51. The van der Waals surface area contributed by atoms with Crippen molar-refractivity contribution in [3.63, 3.8) is 0 Å². The van der Waals surface area contributed by atoms with E-state index in [9.17, 15) is 4.39 Å². The van der Waals surface area contributed by atoms with Crippen LogP contribution in [0.25, 0.3) is 16.7 Å². The van der Waals surface area contributed by atoms with Crippen LogP contribution in [0.2, 0.25) is 0 Å². The van der Waals surface area contributed by atoms with Crippen molar-refractivity contribution in [1.82, 2.24) is 9.55 Å². The highest BCUT2D eigenvalue weighted by Crippen LogP contribution is 2.17. The molecule has 16 heavy (non-hydrogen) atoms. The number of nitrogens with zero attached hydrogens (tertiary/aromatic N) is 2. The molecule has 1 heterocycles. The van der Waals surface area contributed by atoms with Crippen LogP contribution in [0.4, 0.5) is 4.39 Å². The van der Waals surface area contributed by atoms with E-state index in [0.29, 0.717) is 0 Å². The van der Waals surface area contributed by atoms with Gasteiger partial charge in [-0.25, -0.2) is 9.37 Å². The molecule has 0 amide bonds. The number of rotatable bonds is 1. The molecule has 0 spiro atoms. The van der Waals surface area contributed by atoms with E-state index in [1.807, 2.05) is 22.8 Å². The van der Waals surface area contributed by atoms with Crippen molar-refractivity contribution < 1.29 is 4.39 Å². The summed E-state index contributed by atoms with van der Waals surface area (Å²) >= 11 is 0. The summed E-state index contributed by atoms with van der Waals surface area (Å²) in [5.74, 6) is -0.235. The molecule has 0 fully saturated rings. The topological polar surface area (TPSA) is 17.8 Å². The molecule has 0 saturated heterocycles. The number of benzene rings is 2. The van der Waals surface area contributed by atoms with Gasteiger partial charge in [0.15, 0.2) is 0 Å². The van der Waals surface area contributed by atoms with Crippen LogP contribution < -0.4 is 0 Å². The fraction of sp³-hybridized carbons (Fsp3) is 0. The lowest BCUT2D eigenvalue weighted by Crippen LogP contribution is -1.91. The zero-order chi connectivity index (χ0) is 11.0. The van der Waals surface area contributed by atoms with E-state index in [1.54, 1.807) is 18.5 Å². The zero-order valence-electron chi connectivity index (χ0n) is 8.39. The predicted octanol–water partition coefficient (Wildman–Crippen LogP) is 2.96. The van der Waals surface area contributed by atoms with Crippen LogP contribution in [0.15, 0.2) is 48.8 Å². The van der Waals surface area contributed by atoms with Gasteiger partial charge in [0.1, 0.15) is 12.1 Å². The van der Waals surface area contributed by atoms with Crippen LogP contribution in [0, 0.1) is 11.9 Å². The van der Waals surface area contributed by atoms with E-state index in [2.05, 4.69) is 11.1 Å². The summed E-state index contributed by atoms with van der Waals surface area (Å²) in [4.78, 5) is 4.26. The van der Waals surface area contributed by atoms with Gasteiger partial charge in [-0.15, -0.1) is 0 Å². The number of halogens is 1. The summed E-state index contributed by atoms with van der Waals surface area (Å²) < 4.78 is 14.7. The van der Waals surface area contributed by atoms with Crippen LogP contribution in [0.1, 0.15) is 0 Å². The van der Waals surface area contributed by atoms with Crippen molar-refractivity contribution >= 4 is 11.0 Å². The molecule has 77 valence electrons. The standard InChI is InChI=1S/C13H8FN2/c14-10-5-7-11(8-6-10)16-9-15-12-3-1-2-4-13(12)16/h2-9H. The van der Waals surface area contributed by atoms with E-state index >= 15 is 0 Å². The largest absolute Gasteiger partial charge is 0.299 e. The van der Waals surface area contributed by atoms with Gasteiger partial charge in [-0.05, 0) is 42.5 Å². The minimum Gasteiger partial charge on any atom is -0.299 e. The summed E-state index contributed by atoms with van der Waals surface area (Å²) in [6, 6.07) is 14.9. The first-order valence-corrected chi connectivity index (χ1v) is 4.94. The van der Waals surface area contributed by atoms with E-state index in [4.69, 9.17) is 0 Å². The number of fused-ring (bicyclic) bond motifs is 1. The quantitative estimate of drug-likeness (QED) is 0.605. The first kappa shape index (κ1) is 9.09. The number of hydrogen-bond acceptors (Lipinski definition) is 1. The molecule has 0 aliphatic heterocycles. The minimum atomic E-state index is -0.235. The van der Waals surface area contributed by atoms with Crippen molar-refractivity contribution in [2.45, 2.75) is 0 Å². The molecule has 0 N–H and O–H groups in total. The van der Waals surface area contributed by atoms with Gasteiger partial charge in [-0.3, -0.25) is 4.57 Å². The smallest absolute Gasteiger partial charge is 0.123 e. The molecule has 2 aromatic carbocycles. The number of imidazole rings is 1. The first-order chi connectivity index (χ1) is 7.84. The Morgan fingerprint density at radius 3 is 2.75 bits per heavy atom. The molecule has 0 saturated carbocycles.